The van der Waals surface area contributed by atoms with E-state index in [1.807, 2.05) is 11.8 Å². The second-order valence-electron chi connectivity index (χ2n) is 4.49. The molecule has 0 atom stereocenters. The molecule has 1 fully saturated rings. The van der Waals surface area contributed by atoms with Crippen molar-refractivity contribution in [3.05, 3.63) is 40.1 Å². The first-order chi connectivity index (χ1) is 9.65. The van der Waals surface area contributed by atoms with Gasteiger partial charge < -0.3 is 9.32 Å². The summed E-state index contributed by atoms with van der Waals surface area (Å²) in [7, 11) is 0. The van der Waals surface area contributed by atoms with Crippen molar-refractivity contribution in [2.45, 2.75) is 0 Å². The van der Waals surface area contributed by atoms with Gasteiger partial charge in [-0.15, -0.1) is 0 Å². The van der Waals surface area contributed by atoms with E-state index < -0.39 is 4.92 Å². The Hall–Kier alpha value is -2.02. The van der Waals surface area contributed by atoms with Crippen LogP contribution in [0, 0.1) is 10.1 Å². The number of benzene rings is 1. The summed E-state index contributed by atoms with van der Waals surface area (Å²) >= 11 is 1.82. The summed E-state index contributed by atoms with van der Waals surface area (Å²) in [5.74, 6) is 1.95. The first-order valence-electron chi connectivity index (χ1n) is 6.20. The van der Waals surface area contributed by atoms with E-state index in [1.165, 1.54) is 18.2 Å². The van der Waals surface area contributed by atoms with E-state index >= 15 is 0 Å². The van der Waals surface area contributed by atoms with Gasteiger partial charge in [0.2, 0.25) is 0 Å². The summed E-state index contributed by atoms with van der Waals surface area (Å²) < 4.78 is 5.50. The van der Waals surface area contributed by atoms with Gasteiger partial charge in [0.05, 0.1) is 4.92 Å². The molecular weight excluding hydrogens is 280 g/mol. The lowest BCUT2D eigenvalue weighted by Crippen LogP contribution is -2.37. The van der Waals surface area contributed by atoms with Gasteiger partial charge in [0.15, 0.2) is 5.76 Å². The van der Waals surface area contributed by atoms with Crippen LogP contribution in [-0.4, -0.2) is 40.3 Å². The Morgan fingerprint density at radius 2 is 2.05 bits per heavy atom. The van der Waals surface area contributed by atoms with E-state index in [0.717, 1.165) is 11.5 Å². The molecule has 0 radical (unpaired) electrons. The largest absolute Gasteiger partial charge is 0.451 e. The SMILES string of the molecule is O=C(c1cc2cc([N+](=O)[O-])ccc2o1)N1CCSCC1. The van der Waals surface area contributed by atoms with E-state index in [2.05, 4.69) is 0 Å². The van der Waals surface area contributed by atoms with E-state index in [-0.39, 0.29) is 17.4 Å². The van der Waals surface area contributed by atoms with Crippen LogP contribution in [0.4, 0.5) is 5.69 Å². The van der Waals surface area contributed by atoms with E-state index in [4.69, 9.17) is 4.42 Å². The maximum absolute atomic E-state index is 12.3. The molecule has 0 N–H and O–H groups in total. The standard InChI is InChI=1S/C13H12N2O4S/c16-13(14-3-5-20-6-4-14)12-8-9-7-10(15(17)18)1-2-11(9)19-12/h1-2,7-8H,3-6H2. The Bertz CT molecular complexity index is 676. The highest BCUT2D eigenvalue weighted by Gasteiger charge is 2.22. The Balaban J connectivity index is 1.92. The highest BCUT2D eigenvalue weighted by Crippen LogP contribution is 2.25. The summed E-state index contributed by atoms with van der Waals surface area (Å²) in [6.07, 6.45) is 0. The van der Waals surface area contributed by atoms with Crippen LogP contribution in [0.5, 0.6) is 0 Å². The number of nitrogens with zero attached hydrogens (tertiary/aromatic N) is 2. The zero-order valence-electron chi connectivity index (χ0n) is 10.6. The van der Waals surface area contributed by atoms with Crippen LogP contribution in [0.25, 0.3) is 11.0 Å². The van der Waals surface area contributed by atoms with Gasteiger partial charge in [-0.2, -0.15) is 11.8 Å². The Morgan fingerprint density at radius 3 is 2.75 bits per heavy atom. The number of nitro groups is 1. The zero-order chi connectivity index (χ0) is 14.1. The lowest BCUT2D eigenvalue weighted by atomic mass is 10.2. The van der Waals surface area contributed by atoms with Gasteiger partial charge in [-0.05, 0) is 12.1 Å². The Morgan fingerprint density at radius 1 is 1.30 bits per heavy atom. The minimum atomic E-state index is -0.463. The summed E-state index contributed by atoms with van der Waals surface area (Å²) in [5.41, 5.74) is 0.483. The van der Waals surface area contributed by atoms with Gasteiger partial charge in [-0.1, -0.05) is 0 Å². The van der Waals surface area contributed by atoms with Crippen molar-refractivity contribution in [3.8, 4) is 0 Å². The van der Waals surface area contributed by atoms with Crippen molar-refractivity contribution in [3.63, 3.8) is 0 Å². The van der Waals surface area contributed by atoms with Crippen molar-refractivity contribution < 1.29 is 14.1 Å². The van der Waals surface area contributed by atoms with Crippen LogP contribution in [0.1, 0.15) is 10.6 Å². The van der Waals surface area contributed by atoms with Crippen molar-refractivity contribution in [1.82, 2.24) is 4.90 Å². The number of nitro benzene ring substituents is 1. The van der Waals surface area contributed by atoms with E-state index in [0.29, 0.717) is 24.1 Å². The first kappa shape index (κ1) is 13.0. The number of carbonyl (C=O) groups is 1. The molecule has 0 saturated carbocycles. The maximum atomic E-state index is 12.3. The molecule has 0 aliphatic carbocycles. The van der Waals surface area contributed by atoms with Crippen LogP contribution >= 0.6 is 11.8 Å². The minimum absolute atomic E-state index is 0.00771. The average Bonchev–Trinajstić information content (AvgIpc) is 2.90. The van der Waals surface area contributed by atoms with Gasteiger partial charge in [0.1, 0.15) is 5.58 Å². The third-order valence-electron chi connectivity index (χ3n) is 3.22. The summed E-state index contributed by atoms with van der Waals surface area (Å²) in [4.78, 5) is 24.3. The van der Waals surface area contributed by atoms with Gasteiger partial charge in [-0.25, -0.2) is 0 Å². The van der Waals surface area contributed by atoms with Gasteiger partial charge in [0, 0.05) is 42.1 Å². The fourth-order valence-electron chi connectivity index (χ4n) is 2.17. The maximum Gasteiger partial charge on any atom is 0.289 e. The predicted molar refractivity (Wildman–Crippen MR) is 76.1 cm³/mol. The molecule has 7 heteroatoms. The molecule has 1 aromatic heterocycles. The zero-order valence-corrected chi connectivity index (χ0v) is 11.4. The third kappa shape index (κ3) is 2.36. The van der Waals surface area contributed by atoms with Crippen LogP contribution in [-0.2, 0) is 0 Å². The molecule has 1 aliphatic heterocycles. The smallest absolute Gasteiger partial charge is 0.289 e. The Labute approximate surface area is 118 Å². The number of amides is 1. The number of hydrogen-bond donors (Lipinski definition) is 0. The number of fused-ring (bicyclic) bond motifs is 1. The molecule has 0 spiro atoms. The minimum Gasteiger partial charge on any atom is -0.451 e. The molecule has 2 aromatic rings. The predicted octanol–water partition coefficient (Wildman–Crippen LogP) is 2.53. The molecule has 2 heterocycles. The lowest BCUT2D eigenvalue weighted by Gasteiger charge is -2.25. The highest BCUT2D eigenvalue weighted by atomic mass is 32.2. The molecular formula is C13H12N2O4S. The fraction of sp³-hybridized carbons (Fsp3) is 0.308. The topological polar surface area (TPSA) is 76.6 Å². The van der Waals surface area contributed by atoms with Gasteiger partial charge >= 0.3 is 0 Å². The van der Waals surface area contributed by atoms with Crippen LogP contribution in [0.2, 0.25) is 0 Å². The molecule has 1 saturated heterocycles. The molecule has 20 heavy (non-hydrogen) atoms. The average molecular weight is 292 g/mol. The number of thioether (sulfide) groups is 1. The quantitative estimate of drug-likeness (QED) is 0.628. The molecule has 0 bridgehead atoms. The second kappa shape index (κ2) is 5.16. The fourth-order valence-corrected chi connectivity index (χ4v) is 3.08. The molecule has 0 unspecified atom stereocenters. The van der Waals surface area contributed by atoms with Crippen molar-refractivity contribution in [2.24, 2.45) is 0 Å². The van der Waals surface area contributed by atoms with Crippen molar-refractivity contribution in [2.75, 3.05) is 24.6 Å². The van der Waals surface area contributed by atoms with Gasteiger partial charge in [0.25, 0.3) is 11.6 Å². The summed E-state index contributed by atoms with van der Waals surface area (Å²) in [5, 5.41) is 11.3. The number of rotatable bonds is 2. The van der Waals surface area contributed by atoms with E-state index in [1.54, 1.807) is 11.0 Å². The number of furan rings is 1. The second-order valence-corrected chi connectivity index (χ2v) is 5.72. The van der Waals surface area contributed by atoms with Gasteiger partial charge in [-0.3, -0.25) is 14.9 Å². The molecule has 1 amide bonds. The van der Waals surface area contributed by atoms with E-state index in [9.17, 15) is 14.9 Å². The first-order valence-corrected chi connectivity index (χ1v) is 7.35. The number of carbonyl (C=O) groups excluding carboxylic acids is 1. The molecule has 1 aromatic carbocycles. The monoisotopic (exact) mass is 292 g/mol. The molecule has 1 aliphatic rings. The highest BCUT2D eigenvalue weighted by molar-refractivity contribution is 7.99. The normalized spacial score (nSPS) is 15.5. The van der Waals surface area contributed by atoms with Crippen LogP contribution in [0.15, 0.2) is 28.7 Å². The third-order valence-corrected chi connectivity index (χ3v) is 4.16. The number of non-ortho nitro benzene ring substituents is 1. The van der Waals surface area contributed by atoms with Crippen LogP contribution in [0.3, 0.4) is 0 Å². The Kier molecular flexibility index (Phi) is 3.35. The molecule has 3 rings (SSSR count). The van der Waals surface area contributed by atoms with Crippen LogP contribution < -0.4 is 0 Å². The van der Waals surface area contributed by atoms with Crippen molar-refractivity contribution in [1.29, 1.82) is 0 Å². The molecule has 6 nitrogen and oxygen atoms in total. The molecule has 104 valence electrons. The lowest BCUT2D eigenvalue weighted by molar-refractivity contribution is -0.384. The number of hydrogen-bond acceptors (Lipinski definition) is 5. The van der Waals surface area contributed by atoms with Crippen molar-refractivity contribution >= 4 is 34.3 Å². The summed E-state index contributed by atoms with van der Waals surface area (Å²) in [6.45, 7) is 1.42. The summed E-state index contributed by atoms with van der Waals surface area (Å²) in [6, 6.07) is 5.89.